The van der Waals surface area contributed by atoms with Gasteiger partial charge in [0.05, 0.1) is 19.3 Å². The first-order valence-corrected chi connectivity index (χ1v) is 5.46. The molecule has 8 nitrogen and oxygen atoms in total. The van der Waals surface area contributed by atoms with E-state index in [0.29, 0.717) is 18.1 Å². The molecule has 0 bridgehead atoms. The minimum atomic E-state index is -1.08. The summed E-state index contributed by atoms with van der Waals surface area (Å²) in [5, 5.41) is 16.1. The highest BCUT2D eigenvalue weighted by Crippen LogP contribution is 2.14. The third-order valence-electron chi connectivity index (χ3n) is 2.48. The fourth-order valence-corrected chi connectivity index (χ4v) is 1.59. The minimum Gasteiger partial charge on any atom is -0.481 e. The number of carboxylic acids is 1. The number of ether oxygens (including phenoxy) is 1. The molecule has 0 atom stereocenters. The summed E-state index contributed by atoms with van der Waals surface area (Å²) in [5.41, 5.74) is 0.736. The van der Waals surface area contributed by atoms with E-state index >= 15 is 0 Å². The Bertz CT molecular complexity index is 596. The first-order valence-electron chi connectivity index (χ1n) is 5.46. The second-order valence-corrected chi connectivity index (χ2v) is 3.75. The number of carbonyl (C=O) groups is 1. The summed E-state index contributed by atoms with van der Waals surface area (Å²) in [6.45, 7) is 0.342. The average molecular weight is 263 g/mol. The van der Waals surface area contributed by atoms with Crippen molar-refractivity contribution in [1.82, 2.24) is 19.7 Å². The summed E-state index contributed by atoms with van der Waals surface area (Å²) < 4.78 is 6.68. The summed E-state index contributed by atoms with van der Waals surface area (Å²) in [6, 6.07) is 1.76. The summed E-state index contributed by atoms with van der Waals surface area (Å²) in [7, 11) is 3.32. The van der Waals surface area contributed by atoms with Crippen LogP contribution in [0.15, 0.2) is 18.6 Å². The average Bonchev–Trinajstić information content (AvgIpc) is 2.77. The van der Waals surface area contributed by atoms with Crippen molar-refractivity contribution >= 4 is 11.8 Å². The van der Waals surface area contributed by atoms with E-state index in [1.165, 1.54) is 12.5 Å². The Morgan fingerprint density at radius 2 is 2.37 bits per heavy atom. The van der Waals surface area contributed by atoms with Gasteiger partial charge in [0.2, 0.25) is 5.88 Å². The summed E-state index contributed by atoms with van der Waals surface area (Å²) in [4.78, 5) is 18.6. The Balaban J connectivity index is 2.12. The zero-order valence-corrected chi connectivity index (χ0v) is 10.5. The van der Waals surface area contributed by atoms with Crippen molar-refractivity contribution in [3.8, 4) is 5.88 Å². The molecular formula is C11H13N5O3. The molecule has 0 aliphatic heterocycles. The van der Waals surface area contributed by atoms with Gasteiger partial charge in [-0.3, -0.25) is 0 Å². The Morgan fingerprint density at radius 1 is 1.58 bits per heavy atom. The van der Waals surface area contributed by atoms with Gasteiger partial charge in [0, 0.05) is 19.3 Å². The number of nitrogens with one attached hydrogen (secondary N) is 1. The zero-order chi connectivity index (χ0) is 13.8. The highest BCUT2D eigenvalue weighted by atomic mass is 16.5. The summed E-state index contributed by atoms with van der Waals surface area (Å²) >= 11 is 0. The van der Waals surface area contributed by atoms with Gasteiger partial charge in [-0.05, 0) is 0 Å². The molecule has 2 rings (SSSR count). The lowest BCUT2D eigenvalue weighted by Gasteiger charge is -2.05. The Labute approximate surface area is 109 Å². The number of rotatable bonds is 5. The fraction of sp³-hybridized carbons (Fsp3) is 0.273. The molecule has 0 amide bonds. The number of nitrogens with zero attached hydrogens (tertiary/aromatic N) is 4. The topological polar surface area (TPSA) is 102 Å². The zero-order valence-electron chi connectivity index (χ0n) is 10.5. The van der Waals surface area contributed by atoms with Crippen LogP contribution in [-0.2, 0) is 13.6 Å². The van der Waals surface area contributed by atoms with E-state index in [9.17, 15) is 4.79 Å². The predicted molar refractivity (Wildman–Crippen MR) is 66.1 cm³/mol. The van der Waals surface area contributed by atoms with Crippen LogP contribution in [0.1, 0.15) is 16.1 Å². The molecule has 0 saturated carbocycles. The van der Waals surface area contributed by atoms with E-state index in [-0.39, 0.29) is 11.4 Å². The van der Waals surface area contributed by atoms with Crippen molar-refractivity contribution in [3.63, 3.8) is 0 Å². The highest BCUT2D eigenvalue weighted by molar-refractivity contribution is 5.92. The van der Waals surface area contributed by atoms with Gasteiger partial charge in [0.1, 0.15) is 17.7 Å². The lowest BCUT2D eigenvalue weighted by atomic mass is 10.3. The molecule has 2 N–H and O–H groups in total. The minimum absolute atomic E-state index is 0.0189. The molecule has 0 aliphatic rings. The van der Waals surface area contributed by atoms with Crippen LogP contribution in [0.5, 0.6) is 5.88 Å². The highest BCUT2D eigenvalue weighted by Gasteiger charge is 2.12. The number of carboxylic acid groups (broad SMARTS) is 1. The van der Waals surface area contributed by atoms with Crippen LogP contribution < -0.4 is 10.1 Å². The van der Waals surface area contributed by atoms with Crippen molar-refractivity contribution < 1.29 is 14.6 Å². The van der Waals surface area contributed by atoms with Crippen molar-refractivity contribution in [1.29, 1.82) is 0 Å². The first kappa shape index (κ1) is 12.8. The summed E-state index contributed by atoms with van der Waals surface area (Å²) in [6.07, 6.45) is 2.53. The van der Waals surface area contributed by atoms with Gasteiger partial charge in [-0.25, -0.2) is 19.4 Å². The number of methoxy groups -OCH3 is 1. The van der Waals surface area contributed by atoms with Gasteiger partial charge in [-0.2, -0.15) is 5.10 Å². The molecule has 19 heavy (non-hydrogen) atoms. The van der Waals surface area contributed by atoms with E-state index in [4.69, 9.17) is 9.84 Å². The van der Waals surface area contributed by atoms with Crippen molar-refractivity contribution in [2.75, 3.05) is 12.4 Å². The third kappa shape index (κ3) is 2.79. The lowest BCUT2D eigenvalue weighted by molar-refractivity contribution is 0.0697. The Morgan fingerprint density at radius 3 is 3.00 bits per heavy atom. The molecule has 0 spiro atoms. The van der Waals surface area contributed by atoms with Gasteiger partial charge >= 0.3 is 5.97 Å². The molecule has 100 valence electrons. The predicted octanol–water partition coefficient (Wildman–Crippen LogP) is 0.529. The molecular weight excluding hydrogens is 250 g/mol. The monoisotopic (exact) mass is 263 g/mol. The van der Waals surface area contributed by atoms with Gasteiger partial charge in [-0.15, -0.1) is 0 Å². The molecule has 0 unspecified atom stereocenters. The quantitative estimate of drug-likeness (QED) is 0.811. The van der Waals surface area contributed by atoms with E-state index in [0.717, 1.165) is 0 Å². The molecule has 8 heteroatoms. The molecule has 0 fully saturated rings. The molecule has 2 heterocycles. The number of aromatic carboxylic acids is 1. The Kier molecular flexibility index (Phi) is 3.60. The van der Waals surface area contributed by atoms with Crippen LogP contribution in [0, 0.1) is 0 Å². The van der Waals surface area contributed by atoms with Gasteiger partial charge in [0.25, 0.3) is 0 Å². The molecule has 0 aromatic carbocycles. The second-order valence-electron chi connectivity index (χ2n) is 3.75. The van der Waals surface area contributed by atoms with Crippen LogP contribution in [0.2, 0.25) is 0 Å². The van der Waals surface area contributed by atoms with Crippen LogP contribution in [0.25, 0.3) is 0 Å². The molecule has 0 saturated heterocycles. The Hall–Kier alpha value is -2.64. The van der Waals surface area contributed by atoms with Gasteiger partial charge in [0.15, 0.2) is 0 Å². The number of anilines is 1. The van der Waals surface area contributed by atoms with Crippen molar-refractivity contribution in [2.45, 2.75) is 6.54 Å². The number of hydrogen-bond acceptors (Lipinski definition) is 6. The van der Waals surface area contributed by atoms with E-state index in [2.05, 4.69) is 20.4 Å². The van der Waals surface area contributed by atoms with Crippen LogP contribution in [0.4, 0.5) is 5.82 Å². The van der Waals surface area contributed by atoms with Crippen molar-refractivity contribution in [2.24, 2.45) is 7.05 Å². The largest absolute Gasteiger partial charge is 0.481 e. The normalized spacial score (nSPS) is 10.2. The SMILES string of the molecule is COc1cc(CNc2ncncc2C(=O)O)nn1C. The van der Waals surface area contributed by atoms with Crippen LogP contribution in [-0.4, -0.2) is 37.9 Å². The first-order chi connectivity index (χ1) is 9.11. The van der Waals surface area contributed by atoms with Crippen molar-refractivity contribution in [3.05, 3.63) is 29.8 Å². The maximum absolute atomic E-state index is 11.0. The fourth-order valence-electron chi connectivity index (χ4n) is 1.59. The lowest BCUT2D eigenvalue weighted by Crippen LogP contribution is -2.09. The standard InChI is InChI=1S/C11H13N5O3/c1-16-9(19-2)3-7(15-16)4-13-10-8(11(17)18)5-12-6-14-10/h3,5-6H,4H2,1-2H3,(H,17,18)(H,12,13,14). The number of hydrogen-bond donors (Lipinski definition) is 2. The second kappa shape index (κ2) is 5.34. The van der Waals surface area contributed by atoms with Crippen LogP contribution in [0.3, 0.4) is 0 Å². The molecule has 0 radical (unpaired) electrons. The number of aromatic nitrogens is 4. The maximum atomic E-state index is 11.0. The molecule has 2 aromatic rings. The number of aryl methyl sites for hydroxylation is 1. The van der Waals surface area contributed by atoms with E-state index in [1.54, 1.807) is 24.9 Å². The smallest absolute Gasteiger partial charge is 0.341 e. The summed E-state index contributed by atoms with van der Waals surface area (Å²) in [5.74, 6) is -0.202. The molecule has 2 aromatic heterocycles. The van der Waals surface area contributed by atoms with Gasteiger partial charge < -0.3 is 15.2 Å². The van der Waals surface area contributed by atoms with Crippen LogP contribution >= 0.6 is 0 Å². The maximum Gasteiger partial charge on any atom is 0.341 e. The van der Waals surface area contributed by atoms with E-state index < -0.39 is 5.97 Å². The third-order valence-corrected chi connectivity index (χ3v) is 2.48. The molecule has 0 aliphatic carbocycles. The van der Waals surface area contributed by atoms with Gasteiger partial charge in [-0.1, -0.05) is 0 Å². The van der Waals surface area contributed by atoms with E-state index in [1.807, 2.05) is 0 Å².